The molecule has 1 aliphatic rings. The molecule has 1 amide bonds. The second kappa shape index (κ2) is 7.67. The second-order valence-electron chi connectivity index (χ2n) is 5.14. The molecule has 0 spiro atoms. The van der Waals surface area contributed by atoms with Crippen LogP contribution in [0.5, 0.6) is 0 Å². The van der Waals surface area contributed by atoms with Crippen LogP contribution in [-0.4, -0.2) is 37.4 Å². The van der Waals surface area contributed by atoms with Crippen molar-refractivity contribution in [1.82, 2.24) is 10.6 Å². The summed E-state index contributed by atoms with van der Waals surface area (Å²) < 4.78 is 0. The van der Waals surface area contributed by atoms with Crippen LogP contribution in [0.2, 0.25) is 0 Å². The Balaban J connectivity index is 2.03. The molecule has 2 rings (SSSR count). The Morgan fingerprint density at radius 1 is 1.33 bits per heavy atom. The summed E-state index contributed by atoms with van der Waals surface area (Å²) in [7, 11) is 0. The monoisotopic (exact) mass is 288 g/mol. The minimum Gasteiger partial charge on any atom is -0.377 e. The van der Waals surface area contributed by atoms with Gasteiger partial charge in [-0.15, -0.1) is 0 Å². The number of carbonyl (C=O) groups excluding carboxylic acids is 1. The van der Waals surface area contributed by atoms with Crippen LogP contribution in [0.15, 0.2) is 29.3 Å². The van der Waals surface area contributed by atoms with Gasteiger partial charge in [-0.2, -0.15) is 0 Å². The van der Waals surface area contributed by atoms with Gasteiger partial charge in [-0.1, -0.05) is 26.0 Å². The minimum absolute atomic E-state index is 0.0203. The summed E-state index contributed by atoms with van der Waals surface area (Å²) in [6.45, 7) is 6.52. The fourth-order valence-corrected chi connectivity index (χ4v) is 2.34. The number of amidine groups is 1. The van der Waals surface area contributed by atoms with Crippen LogP contribution in [0.4, 0.5) is 5.69 Å². The third-order valence-electron chi connectivity index (χ3n) is 3.68. The van der Waals surface area contributed by atoms with E-state index in [1.165, 1.54) is 0 Å². The highest BCUT2D eigenvalue weighted by Gasteiger charge is 2.14. The number of nitrogens with one attached hydrogen (secondary N) is 3. The molecule has 0 saturated heterocycles. The summed E-state index contributed by atoms with van der Waals surface area (Å²) in [5.74, 6) is 0.929. The van der Waals surface area contributed by atoms with Gasteiger partial charge < -0.3 is 16.0 Å². The Kier molecular flexibility index (Phi) is 5.60. The second-order valence-corrected chi connectivity index (χ2v) is 5.14. The molecule has 5 heteroatoms. The van der Waals surface area contributed by atoms with Gasteiger partial charge in [0.25, 0.3) is 5.91 Å². The smallest absolute Gasteiger partial charge is 0.253 e. The van der Waals surface area contributed by atoms with Gasteiger partial charge >= 0.3 is 0 Å². The molecule has 0 atom stereocenters. The number of benzene rings is 1. The highest BCUT2D eigenvalue weighted by molar-refractivity contribution is 6.00. The van der Waals surface area contributed by atoms with Crippen LogP contribution in [-0.2, 0) is 0 Å². The number of nitrogens with zero attached hydrogens (tertiary/aromatic N) is 1. The predicted octanol–water partition coefficient (Wildman–Crippen LogP) is 2.02. The zero-order chi connectivity index (χ0) is 15.1. The maximum atomic E-state index is 12.4. The molecule has 0 aromatic heterocycles. The van der Waals surface area contributed by atoms with E-state index >= 15 is 0 Å². The molecule has 5 nitrogen and oxygen atoms in total. The van der Waals surface area contributed by atoms with Crippen LogP contribution >= 0.6 is 0 Å². The first-order chi connectivity index (χ1) is 10.2. The van der Waals surface area contributed by atoms with Gasteiger partial charge in [-0.3, -0.25) is 9.79 Å². The number of rotatable bonds is 7. The molecular weight excluding hydrogens is 264 g/mol. The van der Waals surface area contributed by atoms with Crippen LogP contribution in [0, 0.1) is 0 Å². The lowest BCUT2D eigenvalue weighted by atomic mass is 10.1. The largest absolute Gasteiger partial charge is 0.377 e. The summed E-state index contributed by atoms with van der Waals surface area (Å²) in [4.78, 5) is 16.7. The molecule has 0 bridgehead atoms. The minimum atomic E-state index is -0.0203. The number of para-hydroxylation sites is 1. The number of anilines is 1. The molecule has 1 heterocycles. The van der Waals surface area contributed by atoms with Gasteiger partial charge in [0.05, 0.1) is 18.7 Å². The molecule has 3 N–H and O–H groups in total. The normalized spacial score (nSPS) is 13.8. The molecule has 0 radical (unpaired) electrons. The van der Waals surface area contributed by atoms with Crippen molar-refractivity contribution in [1.29, 1.82) is 0 Å². The van der Waals surface area contributed by atoms with Crippen molar-refractivity contribution in [3.05, 3.63) is 29.8 Å². The average Bonchev–Trinajstić information content (AvgIpc) is 3.04. The van der Waals surface area contributed by atoms with Crippen molar-refractivity contribution in [3.8, 4) is 0 Å². The number of carbonyl (C=O) groups is 1. The SMILES string of the molecule is CCC(CC)NC(=O)c1ccccc1NCC1=NCCN1. The molecule has 0 fully saturated rings. The van der Waals surface area contributed by atoms with E-state index in [2.05, 4.69) is 34.8 Å². The van der Waals surface area contributed by atoms with E-state index in [0.717, 1.165) is 37.5 Å². The van der Waals surface area contributed by atoms with Crippen molar-refractivity contribution in [3.63, 3.8) is 0 Å². The molecule has 0 unspecified atom stereocenters. The van der Waals surface area contributed by atoms with Gasteiger partial charge in [0.2, 0.25) is 0 Å². The van der Waals surface area contributed by atoms with Gasteiger partial charge in [0.15, 0.2) is 0 Å². The van der Waals surface area contributed by atoms with Gasteiger partial charge in [-0.25, -0.2) is 0 Å². The molecule has 1 aromatic rings. The number of aliphatic imine (C=N–C) groups is 1. The molecular formula is C16H24N4O. The molecule has 1 aromatic carbocycles. The van der Waals surface area contributed by atoms with Gasteiger partial charge in [0.1, 0.15) is 5.84 Å². The summed E-state index contributed by atoms with van der Waals surface area (Å²) in [6.07, 6.45) is 1.89. The quantitative estimate of drug-likeness (QED) is 0.719. The molecule has 0 saturated carbocycles. The molecule has 21 heavy (non-hydrogen) atoms. The molecule has 114 valence electrons. The summed E-state index contributed by atoms with van der Waals surface area (Å²) in [5.41, 5.74) is 1.53. The zero-order valence-electron chi connectivity index (χ0n) is 12.8. The first kappa shape index (κ1) is 15.4. The lowest BCUT2D eigenvalue weighted by molar-refractivity contribution is 0.0935. The Morgan fingerprint density at radius 3 is 2.76 bits per heavy atom. The highest BCUT2D eigenvalue weighted by atomic mass is 16.1. The topological polar surface area (TPSA) is 65.5 Å². The Bertz CT molecular complexity index is 509. The summed E-state index contributed by atoms with van der Waals surface area (Å²) >= 11 is 0. The van der Waals surface area contributed by atoms with Crippen molar-refractivity contribution >= 4 is 17.4 Å². The molecule has 1 aliphatic heterocycles. The van der Waals surface area contributed by atoms with Crippen molar-refractivity contribution in [2.45, 2.75) is 32.7 Å². The van der Waals surface area contributed by atoms with E-state index in [9.17, 15) is 4.79 Å². The Labute approximate surface area is 126 Å². The fourth-order valence-electron chi connectivity index (χ4n) is 2.34. The number of hydrogen-bond donors (Lipinski definition) is 3. The van der Waals surface area contributed by atoms with Crippen LogP contribution in [0.1, 0.15) is 37.0 Å². The highest BCUT2D eigenvalue weighted by Crippen LogP contribution is 2.15. The van der Waals surface area contributed by atoms with Crippen LogP contribution in [0.25, 0.3) is 0 Å². The van der Waals surface area contributed by atoms with Crippen molar-refractivity contribution < 1.29 is 4.79 Å². The standard InChI is InChI=1S/C16H24N4O/c1-3-12(4-2)20-16(21)13-7-5-6-8-14(13)19-11-15-17-9-10-18-15/h5-8,12,19H,3-4,9-11H2,1-2H3,(H,17,18)(H,20,21). The number of amides is 1. The van der Waals surface area contributed by atoms with Crippen molar-refractivity contribution in [2.75, 3.05) is 25.0 Å². The van der Waals surface area contributed by atoms with E-state index < -0.39 is 0 Å². The lowest BCUT2D eigenvalue weighted by Crippen LogP contribution is -2.34. The van der Waals surface area contributed by atoms with Gasteiger partial charge in [-0.05, 0) is 25.0 Å². The van der Waals surface area contributed by atoms with E-state index in [4.69, 9.17) is 0 Å². The van der Waals surface area contributed by atoms with Gasteiger partial charge in [0, 0.05) is 18.3 Å². The van der Waals surface area contributed by atoms with E-state index in [1.54, 1.807) is 0 Å². The van der Waals surface area contributed by atoms with Crippen LogP contribution < -0.4 is 16.0 Å². The predicted molar refractivity (Wildman–Crippen MR) is 87.1 cm³/mol. The van der Waals surface area contributed by atoms with E-state index in [1.807, 2.05) is 24.3 Å². The first-order valence-corrected chi connectivity index (χ1v) is 7.65. The Morgan fingerprint density at radius 2 is 2.10 bits per heavy atom. The maximum absolute atomic E-state index is 12.4. The zero-order valence-corrected chi connectivity index (χ0v) is 12.8. The third-order valence-corrected chi connectivity index (χ3v) is 3.68. The third kappa shape index (κ3) is 4.21. The average molecular weight is 288 g/mol. The van der Waals surface area contributed by atoms with Crippen molar-refractivity contribution in [2.24, 2.45) is 4.99 Å². The van der Waals surface area contributed by atoms with E-state index in [0.29, 0.717) is 12.1 Å². The Hall–Kier alpha value is -2.04. The number of hydrogen-bond acceptors (Lipinski definition) is 4. The van der Waals surface area contributed by atoms with E-state index in [-0.39, 0.29) is 11.9 Å². The fraction of sp³-hybridized carbons (Fsp3) is 0.500. The molecule has 0 aliphatic carbocycles. The van der Waals surface area contributed by atoms with Crippen LogP contribution in [0.3, 0.4) is 0 Å². The summed E-state index contributed by atoms with van der Waals surface area (Å²) in [5, 5.41) is 9.58. The lowest BCUT2D eigenvalue weighted by Gasteiger charge is -2.17. The first-order valence-electron chi connectivity index (χ1n) is 7.65. The summed E-state index contributed by atoms with van der Waals surface area (Å²) in [6, 6.07) is 7.83. The maximum Gasteiger partial charge on any atom is 0.253 e.